The third-order valence-corrected chi connectivity index (χ3v) is 2.52. The third-order valence-electron chi connectivity index (χ3n) is 2.52. The summed E-state index contributed by atoms with van der Waals surface area (Å²) >= 11 is 0. The van der Waals surface area contributed by atoms with Gasteiger partial charge in [0.25, 0.3) is 0 Å². The lowest BCUT2D eigenvalue weighted by Crippen LogP contribution is -2.22. The summed E-state index contributed by atoms with van der Waals surface area (Å²) in [5.41, 5.74) is 1.45. The highest BCUT2D eigenvalue weighted by molar-refractivity contribution is 5.83. The molecular weight excluding hydrogens is 182 g/mol. The molecule has 1 heterocycles. The second kappa shape index (κ2) is 2.90. The molecule has 0 aromatic heterocycles. The smallest absolute Gasteiger partial charge is 0.313 e. The Labute approximate surface area is 81.2 Å². The third kappa shape index (κ3) is 1.19. The minimum atomic E-state index is -0.866. The van der Waals surface area contributed by atoms with Crippen LogP contribution in [0.25, 0.3) is 0 Å². The van der Waals surface area contributed by atoms with Crippen molar-refractivity contribution in [1.82, 2.24) is 0 Å². The molecule has 1 aliphatic rings. The number of carbonyl (C=O) groups is 1. The van der Waals surface area contributed by atoms with Crippen molar-refractivity contribution in [2.75, 3.05) is 5.32 Å². The molecule has 0 radical (unpaired) electrons. The normalized spacial score (nSPS) is 24.1. The van der Waals surface area contributed by atoms with Gasteiger partial charge in [0.15, 0.2) is 0 Å². The molecule has 14 heavy (non-hydrogen) atoms. The highest BCUT2D eigenvalue weighted by atomic mass is 16.4. The van der Waals surface area contributed by atoms with Crippen LogP contribution in [-0.2, 0) is 4.79 Å². The first-order chi connectivity index (χ1) is 6.59. The Morgan fingerprint density at radius 2 is 2.21 bits per heavy atom. The van der Waals surface area contributed by atoms with Crippen molar-refractivity contribution in [2.24, 2.45) is 0 Å². The Hall–Kier alpha value is -1.71. The van der Waals surface area contributed by atoms with Gasteiger partial charge in [-0.25, -0.2) is 0 Å². The minimum absolute atomic E-state index is 0.103. The van der Waals surface area contributed by atoms with Gasteiger partial charge in [-0.3, -0.25) is 4.79 Å². The van der Waals surface area contributed by atoms with E-state index in [1.165, 1.54) is 6.07 Å². The molecule has 4 heteroatoms. The molecule has 1 aromatic rings. The second-order valence-electron chi connectivity index (χ2n) is 3.52. The molecule has 0 spiro atoms. The number of hydrogen-bond acceptors (Lipinski definition) is 3. The maximum atomic E-state index is 11.0. The number of fused-ring (bicyclic) bond motifs is 1. The van der Waals surface area contributed by atoms with E-state index >= 15 is 0 Å². The van der Waals surface area contributed by atoms with Crippen molar-refractivity contribution in [2.45, 2.75) is 18.9 Å². The number of anilines is 1. The average molecular weight is 193 g/mol. The number of phenolic OH excluding ortho intramolecular Hbond substituents is 1. The quantitative estimate of drug-likeness (QED) is 0.589. The van der Waals surface area contributed by atoms with E-state index in [0.29, 0.717) is 5.56 Å². The molecule has 1 aliphatic heterocycles. The Morgan fingerprint density at radius 3 is 2.86 bits per heavy atom. The van der Waals surface area contributed by atoms with Crippen molar-refractivity contribution in [3.63, 3.8) is 0 Å². The molecule has 0 saturated heterocycles. The first-order valence-corrected chi connectivity index (χ1v) is 4.42. The number of aromatic hydroxyl groups is 1. The van der Waals surface area contributed by atoms with Crippen molar-refractivity contribution >= 4 is 11.7 Å². The molecule has 2 rings (SSSR count). The number of carboxylic acids is 1. The number of rotatable bonds is 1. The molecule has 0 aliphatic carbocycles. The van der Waals surface area contributed by atoms with Crippen LogP contribution in [0.4, 0.5) is 5.69 Å². The first kappa shape index (κ1) is 8.87. The lowest BCUT2D eigenvalue weighted by molar-refractivity contribution is -0.138. The van der Waals surface area contributed by atoms with Gasteiger partial charge >= 0.3 is 5.97 Å². The number of hydrogen-bond donors (Lipinski definition) is 3. The fourth-order valence-corrected chi connectivity index (χ4v) is 1.88. The van der Waals surface area contributed by atoms with E-state index < -0.39 is 11.9 Å². The van der Waals surface area contributed by atoms with E-state index in [1.807, 2.05) is 6.92 Å². The Balaban J connectivity index is 2.49. The Bertz CT molecular complexity index is 389. The SMILES string of the molecule is CC1Nc2ccc(O)cc2C1C(=O)O. The van der Waals surface area contributed by atoms with Crippen LogP contribution in [0.15, 0.2) is 18.2 Å². The molecule has 0 bridgehead atoms. The monoisotopic (exact) mass is 193 g/mol. The van der Waals surface area contributed by atoms with Crippen LogP contribution in [0, 0.1) is 0 Å². The highest BCUT2D eigenvalue weighted by Gasteiger charge is 2.34. The zero-order chi connectivity index (χ0) is 10.3. The van der Waals surface area contributed by atoms with Crippen molar-refractivity contribution in [3.8, 4) is 5.75 Å². The summed E-state index contributed by atoms with van der Waals surface area (Å²) in [6, 6.07) is 4.61. The van der Waals surface area contributed by atoms with Crippen molar-refractivity contribution in [1.29, 1.82) is 0 Å². The number of benzene rings is 1. The zero-order valence-electron chi connectivity index (χ0n) is 7.69. The lowest BCUT2D eigenvalue weighted by Gasteiger charge is -2.10. The molecule has 2 unspecified atom stereocenters. The number of phenols is 1. The largest absolute Gasteiger partial charge is 0.508 e. The van der Waals surface area contributed by atoms with Gasteiger partial charge in [0, 0.05) is 11.7 Å². The fraction of sp³-hybridized carbons (Fsp3) is 0.300. The van der Waals surface area contributed by atoms with E-state index in [-0.39, 0.29) is 11.8 Å². The van der Waals surface area contributed by atoms with E-state index in [9.17, 15) is 9.90 Å². The molecule has 3 N–H and O–H groups in total. The van der Waals surface area contributed by atoms with Crippen LogP contribution >= 0.6 is 0 Å². The molecule has 2 atom stereocenters. The number of aliphatic carboxylic acids is 1. The Morgan fingerprint density at radius 1 is 1.50 bits per heavy atom. The van der Waals surface area contributed by atoms with E-state index in [0.717, 1.165) is 5.69 Å². The van der Waals surface area contributed by atoms with Gasteiger partial charge in [0.05, 0.1) is 0 Å². The van der Waals surface area contributed by atoms with Gasteiger partial charge in [-0.2, -0.15) is 0 Å². The molecule has 4 nitrogen and oxygen atoms in total. The van der Waals surface area contributed by atoms with Crippen LogP contribution in [-0.4, -0.2) is 22.2 Å². The summed E-state index contributed by atoms with van der Waals surface area (Å²) in [5.74, 6) is -1.34. The molecular formula is C10H11NO3. The highest BCUT2D eigenvalue weighted by Crippen LogP contribution is 2.37. The second-order valence-corrected chi connectivity index (χ2v) is 3.52. The molecule has 0 saturated carbocycles. The zero-order valence-corrected chi connectivity index (χ0v) is 7.69. The van der Waals surface area contributed by atoms with Gasteiger partial charge in [0.2, 0.25) is 0 Å². The van der Waals surface area contributed by atoms with Crippen LogP contribution in [0.1, 0.15) is 18.4 Å². The van der Waals surface area contributed by atoms with Gasteiger partial charge in [-0.1, -0.05) is 0 Å². The molecule has 1 aromatic carbocycles. The molecule has 0 fully saturated rings. The minimum Gasteiger partial charge on any atom is -0.508 e. The average Bonchev–Trinajstić information content (AvgIpc) is 2.40. The predicted octanol–water partition coefficient (Wildman–Crippen LogP) is 1.37. The van der Waals surface area contributed by atoms with Crippen LogP contribution in [0.5, 0.6) is 5.75 Å². The summed E-state index contributed by atoms with van der Waals surface area (Å²) < 4.78 is 0. The van der Waals surface area contributed by atoms with Gasteiger partial charge in [-0.05, 0) is 30.7 Å². The first-order valence-electron chi connectivity index (χ1n) is 4.42. The van der Waals surface area contributed by atoms with E-state index in [4.69, 9.17) is 5.11 Å². The van der Waals surface area contributed by atoms with Crippen molar-refractivity contribution < 1.29 is 15.0 Å². The summed E-state index contributed by atoms with van der Waals surface area (Å²) in [7, 11) is 0. The molecule has 74 valence electrons. The summed E-state index contributed by atoms with van der Waals surface area (Å²) in [5, 5.41) is 21.3. The van der Waals surface area contributed by atoms with Crippen LogP contribution in [0.2, 0.25) is 0 Å². The van der Waals surface area contributed by atoms with Gasteiger partial charge in [-0.15, -0.1) is 0 Å². The fourth-order valence-electron chi connectivity index (χ4n) is 1.88. The van der Waals surface area contributed by atoms with Gasteiger partial charge in [0.1, 0.15) is 11.7 Å². The predicted molar refractivity (Wildman–Crippen MR) is 51.6 cm³/mol. The standard InChI is InChI=1S/C10H11NO3/c1-5-9(10(13)14)7-4-6(12)2-3-8(7)11-5/h2-5,9,11-12H,1H3,(H,13,14). The summed E-state index contributed by atoms with van der Waals surface area (Å²) in [4.78, 5) is 11.0. The summed E-state index contributed by atoms with van der Waals surface area (Å²) in [6.45, 7) is 1.82. The maximum Gasteiger partial charge on any atom is 0.313 e. The number of carboxylic acid groups (broad SMARTS) is 1. The Kier molecular flexibility index (Phi) is 1.84. The van der Waals surface area contributed by atoms with Crippen LogP contribution < -0.4 is 5.32 Å². The van der Waals surface area contributed by atoms with E-state index in [1.54, 1.807) is 12.1 Å². The van der Waals surface area contributed by atoms with Gasteiger partial charge < -0.3 is 15.5 Å². The number of nitrogens with one attached hydrogen (secondary N) is 1. The van der Waals surface area contributed by atoms with Crippen LogP contribution in [0.3, 0.4) is 0 Å². The summed E-state index contributed by atoms with van der Waals surface area (Å²) in [6.07, 6.45) is 0. The maximum absolute atomic E-state index is 11.0. The molecule has 0 amide bonds. The topological polar surface area (TPSA) is 69.6 Å². The van der Waals surface area contributed by atoms with E-state index in [2.05, 4.69) is 5.32 Å². The lowest BCUT2D eigenvalue weighted by atomic mass is 9.96. The van der Waals surface area contributed by atoms with Crippen molar-refractivity contribution in [3.05, 3.63) is 23.8 Å².